The third-order valence-corrected chi connectivity index (χ3v) is 4.99. The van der Waals surface area contributed by atoms with Gasteiger partial charge >= 0.3 is 5.97 Å². The Morgan fingerprint density at radius 1 is 1.40 bits per heavy atom. The summed E-state index contributed by atoms with van der Waals surface area (Å²) in [6.07, 6.45) is 4.86. The number of thiazole rings is 1. The van der Waals surface area contributed by atoms with Gasteiger partial charge in [-0.25, -0.2) is 9.78 Å². The molecular weight excluding hydrogens is 356 g/mol. The standard InChI is InChI=1S/C18H16N2O3S2/c1-12-11-25-18(20-12)15(9-19)16(21)10-23-17(22)8-5-13-3-6-14(24-2)7-4-13/h3-8,11,15H,10H2,1-2H3/b8-5+/t15-/m1/s1. The fourth-order valence-corrected chi connectivity index (χ4v) is 3.19. The number of thioether (sulfide) groups is 1. The largest absolute Gasteiger partial charge is 0.454 e. The van der Waals surface area contributed by atoms with E-state index in [9.17, 15) is 9.59 Å². The summed E-state index contributed by atoms with van der Waals surface area (Å²) in [5, 5.41) is 11.3. The lowest BCUT2D eigenvalue weighted by Crippen LogP contribution is -2.19. The van der Waals surface area contributed by atoms with Crippen LogP contribution in [0.5, 0.6) is 0 Å². The Labute approximate surface area is 154 Å². The molecule has 2 aromatic rings. The normalized spacial score (nSPS) is 11.9. The number of aromatic nitrogens is 1. The highest BCUT2D eigenvalue weighted by Gasteiger charge is 2.24. The molecule has 0 unspecified atom stereocenters. The van der Waals surface area contributed by atoms with Crippen molar-refractivity contribution in [3.63, 3.8) is 0 Å². The molecule has 0 spiro atoms. The van der Waals surface area contributed by atoms with Gasteiger partial charge in [-0.2, -0.15) is 5.26 Å². The van der Waals surface area contributed by atoms with Gasteiger partial charge in [0.25, 0.3) is 0 Å². The molecule has 0 N–H and O–H groups in total. The second-order valence-corrected chi connectivity index (χ2v) is 6.84. The van der Waals surface area contributed by atoms with Crippen LogP contribution < -0.4 is 0 Å². The van der Waals surface area contributed by atoms with Crippen LogP contribution in [0.25, 0.3) is 6.08 Å². The van der Waals surface area contributed by atoms with Crippen LogP contribution in [-0.4, -0.2) is 29.6 Å². The van der Waals surface area contributed by atoms with Gasteiger partial charge in [-0.1, -0.05) is 12.1 Å². The summed E-state index contributed by atoms with van der Waals surface area (Å²) < 4.78 is 4.93. The average molecular weight is 372 g/mol. The zero-order valence-electron chi connectivity index (χ0n) is 13.8. The number of nitriles is 1. The van der Waals surface area contributed by atoms with Crippen molar-refractivity contribution in [2.24, 2.45) is 0 Å². The first-order chi connectivity index (χ1) is 12.0. The van der Waals surface area contributed by atoms with E-state index >= 15 is 0 Å². The fourth-order valence-electron chi connectivity index (χ4n) is 1.92. The molecule has 128 valence electrons. The van der Waals surface area contributed by atoms with Gasteiger partial charge in [0.1, 0.15) is 5.01 Å². The number of Topliss-reactive ketones (excluding diaryl/α,β-unsaturated/α-hetero) is 1. The summed E-state index contributed by atoms with van der Waals surface area (Å²) in [6, 6.07) is 9.59. The molecule has 0 amide bonds. The number of ketones is 1. The summed E-state index contributed by atoms with van der Waals surface area (Å²) in [7, 11) is 0. The minimum Gasteiger partial charge on any atom is -0.454 e. The number of benzene rings is 1. The molecule has 2 rings (SSSR count). The highest BCUT2D eigenvalue weighted by atomic mass is 32.2. The minimum absolute atomic E-state index is 0.422. The molecule has 1 heterocycles. The molecule has 5 nitrogen and oxygen atoms in total. The summed E-state index contributed by atoms with van der Waals surface area (Å²) in [5.74, 6) is -2.12. The highest BCUT2D eigenvalue weighted by molar-refractivity contribution is 7.98. The maximum absolute atomic E-state index is 12.1. The monoisotopic (exact) mass is 372 g/mol. The second-order valence-electron chi connectivity index (χ2n) is 5.07. The molecule has 0 fully saturated rings. The third kappa shape index (κ3) is 5.55. The Morgan fingerprint density at radius 3 is 2.68 bits per heavy atom. The van der Waals surface area contributed by atoms with Gasteiger partial charge in [-0.15, -0.1) is 23.1 Å². The topological polar surface area (TPSA) is 80.0 Å². The van der Waals surface area contributed by atoms with Crippen LogP contribution in [0, 0.1) is 18.3 Å². The van der Waals surface area contributed by atoms with Crippen molar-refractivity contribution in [2.75, 3.05) is 12.9 Å². The Balaban J connectivity index is 1.88. The number of rotatable bonds is 7. The van der Waals surface area contributed by atoms with Crippen LogP contribution >= 0.6 is 23.1 Å². The molecule has 1 aromatic heterocycles. The van der Waals surface area contributed by atoms with E-state index in [0.29, 0.717) is 5.01 Å². The maximum Gasteiger partial charge on any atom is 0.331 e. The number of hydrogen-bond donors (Lipinski definition) is 0. The van der Waals surface area contributed by atoms with E-state index in [1.54, 1.807) is 30.1 Å². The first-order valence-corrected chi connectivity index (χ1v) is 9.47. The summed E-state index contributed by atoms with van der Waals surface area (Å²) >= 11 is 2.88. The smallest absolute Gasteiger partial charge is 0.331 e. The Morgan fingerprint density at radius 2 is 2.12 bits per heavy atom. The van der Waals surface area contributed by atoms with E-state index in [1.807, 2.05) is 36.6 Å². The second kappa shape index (κ2) is 9.16. The van der Waals surface area contributed by atoms with Crippen molar-refractivity contribution in [1.29, 1.82) is 5.26 Å². The number of nitrogens with zero attached hydrogens (tertiary/aromatic N) is 2. The molecule has 1 aromatic carbocycles. The van der Waals surface area contributed by atoms with E-state index < -0.39 is 24.3 Å². The van der Waals surface area contributed by atoms with Gasteiger partial charge in [0.2, 0.25) is 0 Å². The molecule has 0 bridgehead atoms. The van der Waals surface area contributed by atoms with E-state index in [0.717, 1.165) is 16.2 Å². The first kappa shape index (κ1) is 18.9. The number of carbonyl (C=O) groups is 2. The molecule has 7 heteroatoms. The Bertz CT molecular complexity index is 820. The van der Waals surface area contributed by atoms with Crippen LogP contribution in [0.1, 0.15) is 22.2 Å². The number of hydrogen-bond acceptors (Lipinski definition) is 7. The van der Waals surface area contributed by atoms with E-state index in [4.69, 9.17) is 10.00 Å². The zero-order chi connectivity index (χ0) is 18.2. The lowest BCUT2D eigenvalue weighted by atomic mass is 10.1. The van der Waals surface area contributed by atoms with Crippen molar-refractivity contribution in [3.8, 4) is 6.07 Å². The molecule has 1 atom stereocenters. The molecule has 0 saturated carbocycles. The molecular formula is C18H16N2O3S2. The van der Waals surface area contributed by atoms with Crippen LogP contribution in [0.3, 0.4) is 0 Å². The van der Waals surface area contributed by atoms with Gasteiger partial charge < -0.3 is 4.74 Å². The van der Waals surface area contributed by atoms with Crippen LogP contribution in [0.2, 0.25) is 0 Å². The number of aryl methyl sites for hydroxylation is 1. The van der Waals surface area contributed by atoms with Gasteiger partial charge in [-0.05, 0) is 37.0 Å². The Kier molecular flexibility index (Phi) is 6.92. The number of ether oxygens (including phenoxy) is 1. The van der Waals surface area contributed by atoms with Crippen molar-refractivity contribution in [3.05, 3.63) is 52.0 Å². The summed E-state index contributed by atoms with van der Waals surface area (Å²) in [6.45, 7) is 1.33. The van der Waals surface area contributed by atoms with Gasteiger partial charge in [-0.3, -0.25) is 4.79 Å². The number of carbonyl (C=O) groups excluding carboxylic acids is 2. The molecule has 25 heavy (non-hydrogen) atoms. The van der Waals surface area contributed by atoms with E-state index in [2.05, 4.69) is 4.98 Å². The Hall–Kier alpha value is -2.43. The predicted molar refractivity (Wildman–Crippen MR) is 98.4 cm³/mol. The van der Waals surface area contributed by atoms with Gasteiger partial charge in [0, 0.05) is 22.0 Å². The highest BCUT2D eigenvalue weighted by Crippen LogP contribution is 2.20. The van der Waals surface area contributed by atoms with Crippen LogP contribution in [-0.2, 0) is 14.3 Å². The summed E-state index contributed by atoms with van der Waals surface area (Å²) in [5.41, 5.74) is 1.61. The van der Waals surface area contributed by atoms with Crippen LogP contribution in [0.4, 0.5) is 0 Å². The molecule has 0 saturated heterocycles. The zero-order valence-corrected chi connectivity index (χ0v) is 15.4. The van der Waals surface area contributed by atoms with Crippen LogP contribution in [0.15, 0.2) is 40.6 Å². The van der Waals surface area contributed by atoms with E-state index in [1.165, 1.54) is 17.4 Å². The SMILES string of the molecule is CSc1ccc(/C=C/C(=O)OCC(=O)[C@@H](C#N)c2nc(C)cs2)cc1. The average Bonchev–Trinajstić information content (AvgIpc) is 3.05. The van der Waals surface area contributed by atoms with Crippen molar-refractivity contribution < 1.29 is 14.3 Å². The third-order valence-electron chi connectivity index (χ3n) is 3.22. The van der Waals surface area contributed by atoms with Crippen molar-refractivity contribution >= 4 is 40.9 Å². The van der Waals surface area contributed by atoms with Crippen molar-refractivity contribution in [1.82, 2.24) is 4.98 Å². The molecule has 0 radical (unpaired) electrons. The summed E-state index contributed by atoms with van der Waals surface area (Å²) in [4.78, 5) is 29.1. The predicted octanol–water partition coefficient (Wildman–Crippen LogP) is 3.61. The minimum atomic E-state index is -1.01. The maximum atomic E-state index is 12.1. The van der Waals surface area contributed by atoms with Gasteiger partial charge in [0.05, 0.1) is 6.07 Å². The van der Waals surface area contributed by atoms with Crippen molar-refractivity contribution in [2.45, 2.75) is 17.7 Å². The number of esters is 1. The lowest BCUT2D eigenvalue weighted by molar-refractivity contribution is -0.143. The van der Waals surface area contributed by atoms with Gasteiger partial charge in [0.15, 0.2) is 18.3 Å². The quantitative estimate of drug-likeness (QED) is 0.420. The molecule has 0 aliphatic heterocycles. The van der Waals surface area contributed by atoms with E-state index in [-0.39, 0.29) is 0 Å². The first-order valence-electron chi connectivity index (χ1n) is 7.36. The fraction of sp³-hybridized carbons (Fsp3) is 0.222. The lowest BCUT2D eigenvalue weighted by Gasteiger charge is -2.05. The molecule has 0 aliphatic rings. The molecule has 0 aliphatic carbocycles.